The summed E-state index contributed by atoms with van der Waals surface area (Å²) in [7, 11) is 0. The minimum atomic E-state index is -0.801. The van der Waals surface area contributed by atoms with E-state index in [1.165, 1.54) is 0 Å². The Hall–Kier alpha value is -1.64. The number of cyclic esters (lactones) is 2. The molecule has 0 aliphatic carbocycles. The Bertz CT molecular complexity index is 419. The third kappa shape index (κ3) is 1.54. The molecule has 0 spiro atoms. The summed E-state index contributed by atoms with van der Waals surface area (Å²) < 4.78 is 4.58. The van der Waals surface area contributed by atoms with E-state index in [4.69, 9.17) is 0 Å². The Morgan fingerprint density at radius 3 is 2.27 bits per heavy atom. The summed E-state index contributed by atoms with van der Waals surface area (Å²) in [5.74, 6) is -0.889. The first-order valence-electron chi connectivity index (χ1n) is 4.84. The van der Waals surface area contributed by atoms with Crippen LogP contribution < -0.4 is 0 Å². The highest BCUT2D eigenvalue weighted by molar-refractivity contribution is 6.00. The van der Waals surface area contributed by atoms with Crippen LogP contribution in [0.4, 0.5) is 0 Å². The van der Waals surface area contributed by atoms with Crippen LogP contribution in [0.15, 0.2) is 24.3 Å². The van der Waals surface area contributed by atoms with Gasteiger partial charge in [0.25, 0.3) is 0 Å². The number of carbonyl (C=O) groups excluding carboxylic acids is 2. The highest BCUT2D eigenvalue weighted by Gasteiger charge is 2.46. The molecule has 1 fully saturated rings. The zero-order valence-corrected chi connectivity index (χ0v) is 8.74. The lowest BCUT2D eigenvalue weighted by Gasteiger charge is -2.18. The number of ether oxygens (including phenoxy) is 1. The van der Waals surface area contributed by atoms with Crippen LogP contribution in [0.3, 0.4) is 0 Å². The second kappa shape index (κ2) is 3.19. The molecule has 1 aromatic rings. The number of rotatable bonds is 1. The number of hydrogen-bond donors (Lipinski definition) is 0. The maximum absolute atomic E-state index is 11.5. The number of aryl methyl sites for hydroxylation is 1. The summed E-state index contributed by atoms with van der Waals surface area (Å²) in [5, 5.41) is 0. The number of carbonyl (C=O) groups is 2. The minimum absolute atomic E-state index is 0.134. The van der Waals surface area contributed by atoms with E-state index >= 15 is 0 Å². The van der Waals surface area contributed by atoms with E-state index in [0.717, 1.165) is 11.1 Å². The Morgan fingerprint density at radius 2 is 1.80 bits per heavy atom. The standard InChI is InChI=1S/C12H12O3/c1-8-3-5-9(6-4-8)12(2)7-10(13)15-11(12)14/h3-6H,7H2,1-2H3. The fourth-order valence-corrected chi connectivity index (χ4v) is 1.75. The molecular weight excluding hydrogens is 192 g/mol. The van der Waals surface area contributed by atoms with E-state index in [9.17, 15) is 9.59 Å². The smallest absolute Gasteiger partial charge is 0.324 e. The molecule has 15 heavy (non-hydrogen) atoms. The molecule has 3 heteroatoms. The fourth-order valence-electron chi connectivity index (χ4n) is 1.75. The molecule has 0 saturated carbocycles. The largest absolute Gasteiger partial charge is 0.392 e. The molecule has 0 bridgehead atoms. The van der Waals surface area contributed by atoms with Crippen molar-refractivity contribution in [2.45, 2.75) is 25.7 Å². The van der Waals surface area contributed by atoms with E-state index in [2.05, 4.69) is 4.74 Å². The Labute approximate surface area is 88.1 Å². The normalized spacial score (nSPS) is 25.5. The van der Waals surface area contributed by atoms with Gasteiger partial charge in [-0.2, -0.15) is 0 Å². The predicted octanol–water partition coefficient (Wildman–Crippen LogP) is 1.73. The summed E-state index contributed by atoms with van der Waals surface area (Å²) in [5.41, 5.74) is 1.16. The van der Waals surface area contributed by atoms with Gasteiger partial charge in [0.05, 0.1) is 6.42 Å². The summed E-state index contributed by atoms with van der Waals surface area (Å²) in [6, 6.07) is 7.59. The molecule has 0 N–H and O–H groups in total. The van der Waals surface area contributed by atoms with Crippen LogP contribution in [0.2, 0.25) is 0 Å². The maximum Gasteiger partial charge on any atom is 0.324 e. The summed E-state index contributed by atoms with van der Waals surface area (Å²) >= 11 is 0. The maximum atomic E-state index is 11.5. The summed E-state index contributed by atoms with van der Waals surface area (Å²) in [6.45, 7) is 3.72. The molecule has 2 rings (SSSR count). The first-order valence-corrected chi connectivity index (χ1v) is 4.84. The van der Waals surface area contributed by atoms with Gasteiger partial charge in [-0.3, -0.25) is 9.59 Å². The third-order valence-corrected chi connectivity index (χ3v) is 2.84. The zero-order valence-electron chi connectivity index (χ0n) is 8.74. The average molecular weight is 204 g/mol. The van der Waals surface area contributed by atoms with Gasteiger partial charge in [0.15, 0.2) is 0 Å². The van der Waals surface area contributed by atoms with E-state index in [-0.39, 0.29) is 6.42 Å². The fraction of sp³-hybridized carbons (Fsp3) is 0.333. The van der Waals surface area contributed by atoms with Crippen molar-refractivity contribution >= 4 is 11.9 Å². The molecule has 0 radical (unpaired) electrons. The van der Waals surface area contributed by atoms with Crippen molar-refractivity contribution in [1.29, 1.82) is 0 Å². The van der Waals surface area contributed by atoms with Gasteiger partial charge in [-0.25, -0.2) is 0 Å². The minimum Gasteiger partial charge on any atom is -0.392 e. The van der Waals surface area contributed by atoms with Gasteiger partial charge in [0.2, 0.25) is 0 Å². The second-order valence-electron chi connectivity index (χ2n) is 4.14. The Kier molecular flexibility index (Phi) is 2.11. The van der Waals surface area contributed by atoms with Crippen molar-refractivity contribution in [3.05, 3.63) is 35.4 Å². The van der Waals surface area contributed by atoms with Gasteiger partial charge in [0, 0.05) is 0 Å². The molecule has 1 heterocycles. The molecule has 1 unspecified atom stereocenters. The van der Waals surface area contributed by atoms with Gasteiger partial charge >= 0.3 is 11.9 Å². The lowest BCUT2D eigenvalue weighted by Crippen LogP contribution is -2.27. The third-order valence-electron chi connectivity index (χ3n) is 2.84. The van der Waals surface area contributed by atoms with Gasteiger partial charge < -0.3 is 4.74 Å². The zero-order chi connectivity index (χ0) is 11.1. The highest BCUT2D eigenvalue weighted by Crippen LogP contribution is 2.34. The Balaban J connectivity index is 2.41. The first-order chi connectivity index (χ1) is 7.02. The van der Waals surface area contributed by atoms with Crippen molar-refractivity contribution in [3.63, 3.8) is 0 Å². The lowest BCUT2D eigenvalue weighted by atomic mass is 9.81. The van der Waals surface area contributed by atoms with Crippen LogP contribution in [0.1, 0.15) is 24.5 Å². The van der Waals surface area contributed by atoms with E-state index < -0.39 is 17.4 Å². The van der Waals surface area contributed by atoms with Crippen LogP contribution in [0.25, 0.3) is 0 Å². The molecule has 1 aromatic carbocycles. The summed E-state index contributed by atoms with van der Waals surface area (Å²) in [6.07, 6.45) is 0.134. The van der Waals surface area contributed by atoms with Gasteiger partial charge in [-0.15, -0.1) is 0 Å². The van der Waals surface area contributed by atoms with Gasteiger partial charge in [-0.1, -0.05) is 29.8 Å². The topological polar surface area (TPSA) is 43.4 Å². The van der Waals surface area contributed by atoms with Crippen molar-refractivity contribution in [1.82, 2.24) is 0 Å². The molecule has 1 atom stereocenters. The van der Waals surface area contributed by atoms with Crippen LogP contribution in [-0.4, -0.2) is 11.9 Å². The molecule has 1 aliphatic heterocycles. The van der Waals surface area contributed by atoms with Crippen LogP contribution >= 0.6 is 0 Å². The SMILES string of the molecule is Cc1ccc(C2(C)CC(=O)OC2=O)cc1. The van der Waals surface area contributed by atoms with Crippen molar-refractivity contribution in [2.24, 2.45) is 0 Å². The Morgan fingerprint density at radius 1 is 1.20 bits per heavy atom. The average Bonchev–Trinajstić information content (AvgIpc) is 2.42. The van der Waals surface area contributed by atoms with Gasteiger partial charge in [-0.05, 0) is 19.4 Å². The second-order valence-corrected chi connectivity index (χ2v) is 4.14. The van der Waals surface area contributed by atoms with Crippen LogP contribution in [0, 0.1) is 6.92 Å². The van der Waals surface area contributed by atoms with Gasteiger partial charge in [0.1, 0.15) is 5.41 Å². The molecule has 78 valence electrons. The predicted molar refractivity (Wildman–Crippen MR) is 54.2 cm³/mol. The molecule has 1 saturated heterocycles. The number of hydrogen-bond acceptors (Lipinski definition) is 3. The number of benzene rings is 1. The number of esters is 2. The molecule has 1 aliphatic rings. The van der Waals surface area contributed by atoms with Crippen LogP contribution in [0.5, 0.6) is 0 Å². The van der Waals surface area contributed by atoms with E-state index in [0.29, 0.717) is 0 Å². The van der Waals surface area contributed by atoms with E-state index in [1.54, 1.807) is 6.92 Å². The van der Waals surface area contributed by atoms with Crippen molar-refractivity contribution < 1.29 is 14.3 Å². The molecular formula is C12H12O3. The van der Waals surface area contributed by atoms with Crippen molar-refractivity contribution in [2.75, 3.05) is 0 Å². The quantitative estimate of drug-likeness (QED) is 0.516. The van der Waals surface area contributed by atoms with Crippen LogP contribution in [-0.2, 0) is 19.7 Å². The van der Waals surface area contributed by atoms with Crippen molar-refractivity contribution in [3.8, 4) is 0 Å². The highest BCUT2D eigenvalue weighted by atomic mass is 16.6. The lowest BCUT2D eigenvalue weighted by molar-refractivity contribution is -0.153. The summed E-state index contributed by atoms with van der Waals surface area (Å²) in [4.78, 5) is 22.6. The molecule has 0 aromatic heterocycles. The van der Waals surface area contributed by atoms with E-state index in [1.807, 2.05) is 31.2 Å². The first kappa shape index (κ1) is 9.90. The molecule has 0 amide bonds. The monoisotopic (exact) mass is 204 g/mol. The molecule has 3 nitrogen and oxygen atoms in total.